The zero-order chi connectivity index (χ0) is 22.1. The van der Waals surface area contributed by atoms with Crippen LogP contribution in [0, 0.1) is 11.8 Å². The summed E-state index contributed by atoms with van der Waals surface area (Å²) in [7, 11) is -1.38. The van der Waals surface area contributed by atoms with E-state index in [4.69, 9.17) is 9.47 Å². The van der Waals surface area contributed by atoms with E-state index in [0.717, 1.165) is 11.6 Å². The third-order valence-electron chi connectivity index (χ3n) is 5.99. The maximum Gasteiger partial charge on any atom is 0.310 e. The maximum absolute atomic E-state index is 13.2. The molecule has 7 nitrogen and oxygen atoms in total. The Morgan fingerprint density at radius 3 is 2.40 bits per heavy atom. The molecule has 30 heavy (non-hydrogen) atoms. The quantitative estimate of drug-likeness (QED) is 0.293. The van der Waals surface area contributed by atoms with E-state index in [1.807, 2.05) is 6.92 Å². The van der Waals surface area contributed by atoms with Crippen LogP contribution in [0.3, 0.4) is 0 Å². The molecule has 2 bridgehead atoms. The lowest BCUT2D eigenvalue weighted by Gasteiger charge is -2.47. The lowest BCUT2D eigenvalue weighted by molar-refractivity contribution is -0.163. The van der Waals surface area contributed by atoms with Crippen molar-refractivity contribution in [3.8, 4) is 5.75 Å². The number of aromatic hydroxyl groups is 1. The first-order chi connectivity index (χ1) is 14.2. The average Bonchev–Trinajstić information content (AvgIpc) is 2.69. The van der Waals surface area contributed by atoms with E-state index >= 15 is 0 Å². The summed E-state index contributed by atoms with van der Waals surface area (Å²) < 4.78 is 11.1. The number of nitrogens with zero attached hydrogens (tertiary/aromatic N) is 1. The third-order valence-corrected chi connectivity index (χ3v) is 7.69. The van der Waals surface area contributed by atoms with Gasteiger partial charge in [0.1, 0.15) is 5.75 Å². The zero-order valence-corrected chi connectivity index (χ0v) is 19.1. The number of phenolic OH excluding ortho intramolecular Hbond substituents is 1. The largest absolute Gasteiger partial charge is 0.508 e. The van der Waals surface area contributed by atoms with E-state index in [0.29, 0.717) is 30.7 Å². The van der Waals surface area contributed by atoms with Crippen molar-refractivity contribution in [1.82, 2.24) is 0 Å². The van der Waals surface area contributed by atoms with E-state index in [2.05, 4.69) is 24.8 Å². The number of oxime groups is 1. The Labute approximate surface area is 178 Å². The topological polar surface area (TPSA) is 105 Å². The maximum atomic E-state index is 13.2. The number of esters is 2. The molecule has 0 aromatic heterocycles. The number of hydrogen-bond acceptors (Lipinski definition) is 7. The van der Waals surface area contributed by atoms with Gasteiger partial charge in [-0.1, -0.05) is 37.8 Å². The Hall–Kier alpha value is -2.35. The van der Waals surface area contributed by atoms with Crippen LogP contribution >= 0.6 is 0 Å². The normalized spacial score (nSPS) is 26.3. The SMILES string of the molecule is CCCOC(=O)[C@H]1[C@H](C(=O)OCC[Si](C)(C)C)C2CC(=NO)[C@H]1c1cc(O)ccc12. The molecule has 0 spiro atoms. The summed E-state index contributed by atoms with van der Waals surface area (Å²) >= 11 is 0. The van der Waals surface area contributed by atoms with Gasteiger partial charge in [-0.05, 0) is 42.1 Å². The minimum absolute atomic E-state index is 0.0635. The summed E-state index contributed by atoms with van der Waals surface area (Å²) in [5.41, 5.74) is 2.03. The minimum atomic E-state index is -1.38. The molecule has 4 rings (SSSR count). The Balaban J connectivity index is 1.98. The van der Waals surface area contributed by atoms with Gasteiger partial charge >= 0.3 is 11.9 Å². The molecule has 1 unspecified atom stereocenters. The van der Waals surface area contributed by atoms with Crippen LogP contribution in [-0.4, -0.2) is 49.3 Å². The molecule has 0 saturated heterocycles. The van der Waals surface area contributed by atoms with Gasteiger partial charge in [0.2, 0.25) is 0 Å². The second kappa shape index (κ2) is 8.79. The number of carbonyl (C=O) groups excluding carboxylic acids is 2. The lowest BCUT2D eigenvalue weighted by atomic mass is 9.55. The van der Waals surface area contributed by atoms with Gasteiger partial charge in [0.25, 0.3) is 0 Å². The zero-order valence-electron chi connectivity index (χ0n) is 18.1. The van der Waals surface area contributed by atoms with Gasteiger partial charge < -0.3 is 19.8 Å². The van der Waals surface area contributed by atoms with Crippen LogP contribution in [0.2, 0.25) is 25.7 Å². The van der Waals surface area contributed by atoms with Gasteiger partial charge in [-0.15, -0.1) is 0 Å². The first-order valence-electron chi connectivity index (χ1n) is 10.5. The molecule has 1 fully saturated rings. The van der Waals surface area contributed by atoms with Crippen molar-refractivity contribution >= 4 is 25.7 Å². The fourth-order valence-corrected chi connectivity index (χ4v) is 5.25. The van der Waals surface area contributed by atoms with Crippen molar-refractivity contribution in [3.05, 3.63) is 29.3 Å². The van der Waals surface area contributed by atoms with Crippen LogP contribution in [0.15, 0.2) is 23.4 Å². The molecule has 0 amide bonds. The summed E-state index contributed by atoms with van der Waals surface area (Å²) in [4.78, 5) is 26.2. The van der Waals surface area contributed by atoms with Gasteiger partial charge in [0.15, 0.2) is 0 Å². The molecule has 1 saturated carbocycles. The average molecular weight is 434 g/mol. The molecular formula is C22H31NO6Si. The van der Waals surface area contributed by atoms with Crippen molar-refractivity contribution in [1.29, 1.82) is 0 Å². The molecule has 0 aliphatic heterocycles. The highest BCUT2D eigenvalue weighted by Crippen LogP contribution is 2.55. The van der Waals surface area contributed by atoms with Crippen LogP contribution in [-0.2, 0) is 19.1 Å². The first-order valence-corrected chi connectivity index (χ1v) is 14.3. The van der Waals surface area contributed by atoms with Crippen molar-refractivity contribution in [2.24, 2.45) is 17.0 Å². The predicted octanol–water partition coefficient (Wildman–Crippen LogP) is 3.87. The molecule has 1 aromatic rings. The molecule has 4 atom stereocenters. The van der Waals surface area contributed by atoms with Crippen molar-refractivity contribution in [3.63, 3.8) is 0 Å². The number of carbonyl (C=O) groups is 2. The molecule has 164 valence electrons. The smallest absolute Gasteiger partial charge is 0.310 e. The van der Waals surface area contributed by atoms with Crippen molar-refractivity contribution in [2.75, 3.05) is 13.2 Å². The van der Waals surface area contributed by atoms with Gasteiger partial charge in [0, 0.05) is 19.9 Å². The predicted molar refractivity (Wildman–Crippen MR) is 115 cm³/mol. The highest BCUT2D eigenvalue weighted by Gasteiger charge is 2.57. The van der Waals surface area contributed by atoms with Crippen molar-refractivity contribution in [2.45, 2.75) is 57.3 Å². The lowest BCUT2D eigenvalue weighted by Crippen LogP contribution is -2.51. The number of rotatable bonds is 7. The third kappa shape index (κ3) is 4.38. The van der Waals surface area contributed by atoms with Crippen LogP contribution in [0.25, 0.3) is 0 Å². The molecule has 8 heteroatoms. The molecule has 1 aromatic carbocycles. The molecular weight excluding hydrogens is 402 g/mol. The Bertz CT molecular complexity index is 847. The fraction of sp³-hybridized carbons (Fsp3) is 0.591. The second-order valence-electron chi connectivity index (χ2n) is 9.39. The van der Waals surface area contributed by atoms with Gasteiger partial charge in [-0.2, -0.15) is 0 Å². The highest BCUT2D eigenvalue weighted by atomic mass is 28.3. The van der Waals surface area contributed by atoms with E-state index in [9.17, 15) is 19.9 Å². The van der Waals surface area contributed by atoms with Crippen LogP contribution in [0.1, 0.15) is 42.7 Å². The van der Waals surface area contributed by atoms with E-state index in [-0.39, 0.29) is 18.3 Å². The summed E-state index contributed by atoms with van der Waals surface area (Å²) in [6, 6.07) is 5.79. The number of hydrogen-bond donors (Lipinski definition) is 2. The molecule has 3 aliphatic rings. The monoisotopic (exact) mass is 433 g/mol. The van der Waals surface area contributed by atoms with E-state index in [1.54, 1.807) is 18.2 Å². The summed E-state index contributed by atoms with van der Waals surface area (Å²) in [6.45, 7) is 9.12. The van der Waals surface area contributed by atoms with Crippen LogP contribution < -0.4 is 0 Å². The van der Waals surface area contributed by atoms with E-state index in [1.165, 1.54) is 0 Å². The van der Waals surface area contributed by atoms with Crippen LogP contribution in [0.5, 0.6) is 5.75 Å². The van der Waals surface area contributed by atoms with Gasteiger partial charge in [-0.25, -0.2) is 0 Å². The fourth-order valence-electron chi connectivity index (χ4n) is 4.54. The highest BCUT2D eigenvalue weighted by molar-refractivity contribution is 6.76. The van der Waals surface area contributed by atoms with Crippen LogP contribution in [0.4, 0.5) is 0 Å². The Morgan fingerprint density at radius 1 is 1.10 bits per heavy atom. The van der Waals surface area contributed by atoms with Gasteiger partial charge in [0.05, 0.1) is 30.8 Å². The number of phenols is 1. The summed E-state index contributed by atoms with van der Waals surface area (Å²) in [5.74, 6) is -3.37. The summed E-state index contributed by atoms with van der Waals surface area (Å²) in [6.07, 6.45) is 1.03. The van der Waals surface area contributed by atoms with Gasteiger partial charge in [-0.3, -0.25) is 9.59 Å². The Kier molecular flexibility index (Phi) is 6.55. The number of fused-ring (bicyclic) bond motifs is 2. The minimum Gasteiger partial charge on any atom is -0.508 e. The standard InChI is InChI=1S/C22H31NO6Si/c1-5-8-28-22(26)20-18-15-11-13(24)6-7-14(15)16(12-17(18)23-27)19(20)21(25)29-9-10-30(2,3)4/h6-7,11,16,18-20,24,27H,5,8-10,12H2,1-4H3/t16?,18-,19-,20-/m1/s1. The number of benzene rings is 1. The molecule has 2 N–H and O–H groups in total. The second-order valence-corrected chi connectivity index (χ2v) is 15.0. The Morgan fingerprint density at radius 2 is 1.77 bits per heavy atom. The summed E-state index contributed by atoms with van der Waals surface area (Å²) in [5, 5.41) is 23.0. The van der Waals surface area contributed by atoms with E-state index < -0.39 is 37.8 Å². The first kappa shape index (κ1) is 22.3. The molecule has 0 heterocycles. The van der Waals surface area contributed by atoms with Crippen molar-refractivity contribution < 1.29 is 29.4 Å². The number of ether oxygens (including phenoxy) is 2. The molecule has 3 aliphatic carbocycles. The molecule has 0 radical (unpaired) electrons.